The Bertz CT molecular complexity index is 552. The zero-order valence-electron chi connectivity index (χ0n) is 10.6. The summed E-state index contributed by atoms with van der Waals surface area (Å²) in [6.07, 6.45) is 2.92. The molecule has 0 radical (unpaired) electrons. The lowest BCUT2D eigenvalue weighted by Crippen LogP contribution is -2.15. The molecule has 0 atom stereocenters. The Hall–Kier alpha value is -1.11. The van der Waals surface area contributed by atoms with E-state index in [2.05, 4.69) is 15.7 Å². The summed E-state index contributed by atoms with van der Waals surface area (Å²) in [7, 11) is 0. The summed E-state index contributed by atoms with van der Waals surface area (Å²) < 4.78 is 0. The van der Waals surface area contributed by atoms with Crippen LogP contribution in [0.1, 0.15) is 11.3 Å². The lowest BCUT2D eigenvalue weighted by atomic mass is 10.1. The topological polar surface area (TPSA) is 50.9 Å². The average Bonchev–Trinajstić information content (AvgIpc) is 2.91. The van der Waals surface area contributed by atoms with Crippen LogP contribution >= 0.6 is 35.3 Å². The van der Waals surface area contributed by atoms with Gasteiger partial charge in [0.05, 0.1) is 11.2 Å². The van der Waals surface area contributed by atoms with E-state index in [1.54, 1.807) is 23.1 Å². The molecule has 0 aliphatic rings. The fourth-order valence-electron chi connectivity index (χ4n) is 1.79. The number of aromatic nitrogens is 1. The third kappa shape index (κ3) is 3.68. The number of benzene rings is 1. The number of nitrogens with one attached hydrogen (secondary N) is 1. The number of rotatable bonds is 6. The van der Waals surface area contributed by atoms with Gasteiger partial charge in [0.15, 0.2) is 0 Å². The van der Waals surface area contributed by atoms with Crippen LogP contribution < -0.4 is 11.1 Å². The van der Waals surface area contributed by atoms with Crippen molar-refractivity contribution in [2.75, 3.05) is 18.1 Å². The van der Waals surface area contributed by atoms with Gasteiger partial charge in [-0.2, -0.15) is 0 Å². The van der Waals surface area contributed by atoms with E-state index in [-0.39, 0.29) is 0 Å². The molecule has 0 saturated carbocycles. The minimum absolute atomic E-state index is 0.432. The average molecular weight is 309 g/mol. The highest BCUT2D eigenvalue weighted by Crippen LogP contribution is 2.27. The van der Waals surface area contributed by atoms with Crippen molar-refractivity contribution in [3.05, 3.63) is 40.3 Å². The predicted octanol–water partition coefficient (Wildman–Crippen LogP) is 3.15. The van der Waals surface area contributed by atoms with Crippen molar-refractivity contribution >= 4 is 46.0 Å². The molecule has 6 heteroatoms. The van der Waals surface area contributed by atoms with E-state index >= 15 is 0 Å². The highest BCUT2D eigenvalue weighted by atomic mass is 32.2. The van der Waals surface area contributed by atoms with E-state index in [1.165, 1.54) is 0 Å². The van der Waals surface area contributed by atoms with Gasteiger partial charge in [0, 0.05) is 34.5 Å². The lowest BCUT2D eigenvalue weighted by Gasteiger charge is -2.13. The second kappa shape index (κ2) is 6.88. The molecule has 1 heterocycles. The number of nitrogens with zero attached hydrogens (tertiary/aromatic N) is 1. The van der Waals surface area contributed by atoms with Crippen LogP contribution in [0, 0.1) is 0 Å². The highest BCUT2D eigenvalue weighted by Gasteiger charge is 2.10. The van der Waals surface area contributed by atoms with Gasteiger partial charge < -0.3 is 11.1 Å². The van der Waals surface area contributed by atoms with E-state index in [4.69, 9.17) is 18.0 Å². The quantitative estimate of drug-likeness (QED) is 0.634. The van der Waals surface area contributed by atoms with Crippen molar-refractivity contribution in [3.8, 4) is 0 Å². The van der Waals surface area contributed by atoms with E-state index in [1.807, 2.05) is 30.0 Å². The number of hydrogen-bond donors (Lipinski definition) is 2. The largest absolute Gasteiger partial charge is 0.389 e. The van der Waals surface area contributed by atoms with E-state index < -0.39 is 0 Å². The van der Waals surface area contributed by atoms with Gasteiger partial charge in [0.25, 0.3) is 0 Å². The Morgan fingerprint density at radius 2 is 2.37 bits per heavy atom. The van der Waals surface area contributed by atoms with E-state index in [0.29, 0.717) is 4.99 Å². The molecular formula is C13H15N3S3. The van der Waals surface area contributed by atoms with Crippen LogP contribution in [-0.4, -0.2) is 22.8 Å². The molecule has 0 fully saturated rings. The predicted molar refractivity (Wildman–Crippen MR) is 88.4 cm³/mol. The summed E-state index contributed by atoms with van der Waals surface area (Å²) in [5.74, 6) is 0. The summed E-state index contributed by atoms with van der Waals surface area (Å²) in [6.45, 7) is 0.817. The molecule has 0 saturated heterocycles. The zero-order valence-corrected chi connectivity index (χ0v) is 13.0. The Balaban J connectivity index is 2.09. The number of thiocarbonyl (C=S) groups is 1. The van der Waals surface area contributed by atoms with Crippen LogP contribution in [0.3, 0.4) is 0 Å². The zero-order chi connectivity index (χ0) is 13.7. The molecule has 100 valence electrons. The summed E-state index contributed by atoms with van der Waals surface area (Å²) in [4.78, 5) is 5.80. The Labute approximate surface area is 126 Å². The highest BCUT2D eigenvalue weighted by molar-refractivity contribution is 7.98. The molecule has 0 bridgehead atoms. The normalized spacial score (nSPS) is 10.4. The van der Waals surface area contributed by atoms with Crippen molar-refractivity contribution in [2.24, 2.45) is 5.73 Å². The molecule has 3 N–H and O–H groups in total. The molecule has 0 aliphatic carbocycles. The second-order valence-electron chi connectivity index (χ2n) is 3.90. The van der Waals surface area contributed by atoms with Crippen molar-refractivity contribution in [3.63, 3.8) is 0 Å². The Kier molecular flexibility index (Phi) is 5.18. The van der Waals surface area contributed by atoms with Gasteiger partial charge in [0.1, 0.15) is 4.99 Å². The van der Waals surface area contributed by atoms with Crippen LogP contribution in [0.2, 0.25) is 0 Å². The first-order valence-corrected chi connectivity index (χ1v) is 8.37. The van der Waals surface area contributed by atoms with Crippen LogP contribution in [0.15, 0.2) is 34.0 Å². The van der Waals surface area contributed by atoms with Crippen LogP contribution in [-0.2, 0) is 6.42 Å². The van der Waals surface area contributed by atoms with Gasteiger partial charge >= 0.3 is 0 Å². The van der Waals surface area contributed by atoms with Gasteiger partial charge in [0.2, 0.25) is 0 Å². The molecule has 3 nitrogen and oxygen atoms in total. The second-order valence-corrected chi connectivity index (χ2v) is 5.91. The number of nitrogens with two attached hydrogens (primary N) is 1. The Morgan fingerprint density at radius 3 is 3.00 bits per heavy atom. The minimum Gasteiger partial charge on any atom is -0.389 e. The van der Waals surface area contributed by atoms with Gasteiger partial charge in [-0.1, -0.05) is 18.3 Å². The molecule has 1 aromatic heterocycles. The lowest BCUT2D eigenvalue weighted by molar-refractivity contribution is 0.976. The smallest absolute Gasteiger partial charge is 0.107 e. The molecule has 0 spiro atoms. The first-order chi connectivity index (χ1) is 9.22. The van der Waals surface area contributed by atoms with Crippen molar-refractivity contribution in [2.45, 2.75) is 11.3 Å². The molecule has 0 amide bonds. The van der Waals surface area contributed by atoms with Crippen LogP contribution in [0.5, 0.6) is 0 Å². The van der Waals surface area contributed by atoms with Crippen LogP contribution in [0.4, 0.5) is 5.69 Å². The fourth-order valence-corrected chi connectivity index (χ4v) is 3.31. The molecule has 1 aromatic carbocycles. The standard InChI is InChI=1S/C13H15N3S3/c1-18-11-4-2-3-10(12(11)13(14)17)15-6-5-9-7-19-8-16-9/h2-4,7-8,15H,5-6H2,1H3,(H2,14,17). The number of thioether (sulfide) groups is 1. The third-order valence-electron chi connectivity index (χ3n) is 2.67. The summed E-state index contributed by atoms with van der Waals surface area (Å²) >= 11 is 8.42. The maximum Gasteiger partial charge on any atom is 0.107 e. The summed E-state index contributed by atoms with van der Waals surface area (Å²) in [6, 6.07) is 6.05. The van der Waals surface area contributed by atoms with E-state index in [0.717, 1.165) is 34.8 Å². The first-order valence-electron chi connectivity index (χ1n) is 5.80. The molecule has 0 aliphatic heterocycles. The summed E-state index contributed by atoms with van der Waals surface area (Å²) in [5, 5.41) is 5.46. The monoisotopic (exact) mass is 309 g/mol. The van der Waals surface area contributed by atoms with Gasteiger partial charge in [-0.15, -0.1) is 23.1 Å². The van der Waals surface area contributed by atoms with Crippen molar-refractivity contribution in [1.82, 2.24) is 4.98 Å². The number of hydrogen-bond acceptors (Lipinski definition) is 5. The van der Waals surface area contributed by atoms with E-state index in [9.17, 15) is 0 Å². The first kappa shape index (κ1) is 14.3. The van der Waals surface area contributed by atoms with Crippen molar-refractivity contribution in [1.29, 1.82) is 0 Å². The molecule has 0 unspecified atom stereocenters. The molecule has 2 rings (SSSR count). The Morgan fingerprint density at radius 1 is 1.53 bits per heavy atom. The number of thiazole rings is 1. The molecular weight excluding hydrogens is 294 g/mol. The molecule has 2 aromatic rings. The van der Waals surface area contributed by atoms with Gasteiger partial charge in [-0.25, -0.2) is 4.98 Å². The van der Waals surface area contributed by atoms with Crippen LogP contribution in [0.25, 0.3) is 0 Å². The third-order valence-corrected chi connectivity index (χ3v) is 4.29. The van der Waals surface area contributed by atoms with Gasteiger partial charge in [-0.3, -0.25) is 0 Å². The maximum absolute atomic E-state index is 5.82. The van der Waals surface area contributed by atoms with Gasteiger partial charge in [-0.05, 0) is 18.4 Å². The minimum atomic E-state index is 0.432. The summed E-state index contributed by atoms with van der Waals surface area (Å²) in [5.41, 5.74) is 10.7. The fraction of sp³-hybridized carbons (Fsp3) is 0.231. The maximum atomic E-state index is 5.82. The molecule has 19 heavy (non-hydrogen) atoms. The van der Waals surface area contributed by atoms with Crippen molar-refractivity contribution < 1.29 is 0 Å². The number of anilines is 1. The SMILES string of the molecule is CSc1cccc(NCCc2cscn2)c1C(N)=S.